The number of rotatable bonds is 2. The summed E-state index contributed by atoms with van der Waals surface area (Å²) in [5.41, 5.74) is 3.34. The lowest BCUT2D eigenvalue weighted by atomic mass is 10.0. The molecule has 0 fully saturated rings. The zero-order chi connectivity index (χ0) is 13.3. The first kappa shape index (κ1) is 14.2. The molecule has 0 heterocycles. The summed E-state index contributed by atoms with van der Waals surface area (Å²) in [5, 5.41) is 0. The van der Waals surface area contributed by atoms with Gasteiger partial charge in [-0.3, -0.25) is 0 Å². The molecule has 1 atom stereocenters. The van der Waals surface area contributed by atoms with Crippen molar-refractivity contribution in [3.05, 3.63) is 67.9 Å². The van der Waals surface area contributed by atoms with E-state index < -0.39 is 0 Å². The molecule has 4 heteroatoms. The molecular formula is C14H10Br3F. The van der Waals surface area contributed by atoms with Crippen LogP contribution in [0.2, 0.25) is 0 Å². The molecule has 94 valence electrons. The smallest absolute Gasteiger partial charge is 0.137 e. The summed E-state index contributed by atoms with van der Waals surface area (Å²) >= 11 is 10.4. The minimum Gasteiger partial charge on any atom is -0.206 e. The van der Waals surface area contributed by atoms with Crippen molar-refractivity contribution < 1.29 is 4.39 Å². The van der Waals surface area contributed by atoms with Crippen molar-refractivity contribution >= 4 is 47.8 Å². The molecule has 0 spiro atoms. The van der Waals surface area contributed by atoms with Crippen LogP contribution in [0.25, 0.3) is 0 Å². The number of hydrogen-bond acceptors (Lipinski definition) is 0. The van der Waals surface area contributed by atoms with E-state index in [1.54, 1.807) is 12.1 Å². The van der Waals surface area contributed by atoms with Crippen molar-refractivity contribution in [3.63, 3.8) is 0 Å². The molecule has 2 rings (SSSR count). The van der Waals surface area contributed by atoms with Crippen molar-refractivity contribution in [1.29, 1.82) is 0 Å². The van der Waals surface area contributed by atoms with Gasteiger partial charge in [-0.25, -0.2) is 4.39 Å². The van der Waals surface area contributed by atoms with Gasteiger partial charge in [0.25, 0.3) is 0 Å². The maximum Gasteiger partial charge on any atom is 0.137 e. The molecule has 0 amide bonds. The number of alkyl halides is 1. The molecule has 2 aromatic rings. The molecule has 0 bridgehead atoms. The van der Waals surface area contributed by atoms with Gasteiger partial charge in [0.1, 0.15) is 5.82 Å². The van der Waals surface area contributed by atoms with Crippen LogP contribution >= 0.6 is 47.8 Å². The van der Waals surface area contributed by atoms with Gasteiger partial charge in [0.15, 0.2) is 0 Å². The summed E-state index contributed by atoms with van der Waals surface area (Å²) in [4.78, 5) is 0.0312. The first-order valence-electron chi connectivity index (χ1n) is 5.34. The Hall–Kier alpha value is -0.190. The first-order valence-corrected chi connectivity index (χ1v) is 7.84. The third-order valence-corrected chi connectivity index (χ3v) is 5.01. The Balaban J connectivity index is 2.44. The number of aryl methyl sites for hydroxylation is 1. The standard InChI is InChI=1S/C14H10Br3F/c1-8-2-4-11(15)10(6-8)14(17)9-3-5-13(18)12(16)7-9/h2-7,14H,1H3. The van der Waals surface area contributed by atoms with Gasteiger partial charge in [-0.2, -0.15) is 0 Å². The lowest BCUT2D eigenvalue weighted by Gasteiger charge is -2.14. The fourth-order valence-electron chi connectivity index (χ4n) is 1.71. The van der Waals surface area contributed by atoms with E-state index >= 15 is 0 Å². The number of benzene rings is 2. The molecule has 0 aliphatic carbocycles. The van der Waals surface area contributed by atoms with E-state index in [1.165, 1.54) is 11.6 Å². The van der Waals surface area contributed by atoms with Crippen LogP contribution in [-0.2, 0) is 0 Å². The largest absolute Gasteiger partial charge is 0.206 e. The third kappa shape index (κ3) is 3.03. The highest BCUT2D eigenvalue weighted by atomic mass is 79.9. The number of hydrogen-bond donors (Lipinski definition) is 0. The summed E-state index contributed by atoms with van der Waals surface area (Å²) in [7, 11) is 0. The van der Waals surface area contributed by atoms with E-state index in [2.05, 4.69) is 60.8 Å². The zero-order valence-electron chi connectivity index (χ0n) is 9.55. The summed E-state index contributed by atoms with van der Waals surface area (Å²) in [6, 6.07) is 11.2. The Bertz CT molecular complexity index is 581. The van der Waals surface area contributed by atoms with Crippen LogP contribution in [0, 0.1) is 12.7 Å². The zero-order valence-corrected chi connectivity index (χ0v) is 14.3. The van der Waals surface area contributed by atoms with Crippen LogP contribution in [0.1, 0.15) is 21.5 Å². The second-order valence-corrected chi connectivity index (χ2v) is 6.69. The van der Waals surface area contributed by atoms with E-state index in [4.69, 9.17) is 0 Å². The molecular weight excluding hydrogens is 427 g/mol. The highest BCUT2D eigenvalue weighted by Crippen LogP contribution is 2.37. The number of halogens is 4. The predicted octanol–water partition coefficient (Wildman–Crippen LogP) is 6.14. The van der Waals surface area contributed by atoms with Crippen molar-refractivity contribution in [2.75, 3.05) is 0 Å². The second-order valence-electron chi connectivity index (χ2n) is 4.06. The summed E-state index contributed by atoms with van der Waals surface area (Å²) in [6.45, 7) is 2.05. The highest BCUT2D eigenvalue weighted by molar-refractivity contribution is 9.11. The molecule has 0 aliphatic rings. The predicted molar refractivity (Wildman–Crippen MR) is 83.7 cm³/mol. The van der Waals surface area contributed by atoms with Crippen LogP contribution in [0.5, 0.6) is 0 Å². The molecule has 18 heavy (non-hydrogen) atoms. The first-order chi connectivity index (χ1) is 8.49. The third-order valence-electron chi connectivity index (χ3n) is 2.66. The second kappa shape index (κ2) is 5.85. The molecule has 0 nitrogen and oxygen atoms in total. The molecule has 0 aromatic heterocycles. The Morgan fingerprint density at radius 3 is 2.39 bits per heavy atom. The summed E-state index contributed by atoms with van der Waals surface area (Å²) in [5.74, 6) is -0.248. The Morgan fingerprint density at radius 1 is 1.00 bits per heavy atom. The van der Waals surface area contributed by atoms with Crippen molar-refractivity contribution in [3.8, 4) is 0 Å². The molecule has 0 N–H and O–H groups in total. The van der Waals surface area contributed by atoms with Gasteiger partial charge in [-0.05, 0) is 52.2 Å². The molecule has 0 radical (unpaired) electrons. The fraction of sp³-hybridized carbons (Fsp3) is 0.143. The van der Waals surface area contributed by atoms with E-state index in [-0.39, 0.29) is 10.6 Å². The van der Waals surface area contributed by atoms with E-state index in [9.17, 15) is 4.39 Å². The Morgan fingerprint density at radius 2 is 1.72 bits per heavy atom. The molecule has 0 saturated heterocycles. The van der Waals surface area contributed by atoms with Gasteiger partial charge in [-0.1, -0.05) is 55.6 Å². The van der Waals surface area contributed by atoms with Crippen LogP contribution in [-0.4, -0.2) is 0 Å². The van der Waals surface area contributed by atoms with Gasteiger partial charge < -0.3 is 0 Å². The maximum atomic E-state index is 13.2. The monoisotopic (exact) mass is 434 g/mol. The van der Waals surface area contributed by atoms with Gasteiger partial charge in [0.2, 0.25) is 0 Å². The molecule has 0 saturated carbocycles. The summed E-state index contributed by atoms with van der Waals surface area (Å²) < 4.78 is 14.8. The van der Waals surface area contributed by atoms with Crippen molar-refractivity contribution in [2.24, 2.45) is 0 Å². The molecule has 2 aromatic carbocycles. The summed E-state index contributed by atoms with van der Waals surface area (Å²) in [6.07, 6.45) is 0. The van der Waals surface area contributed by atoms with Crippen LogP contribution < -0.4 is 0 Å². The van der Waals surface area contributed by atoms with Gasteiger partial charge in [0, 0.05) is 4.47 Å². The Labute approximate surface area is 131 Å². The van der Waals surface area contributed by atoms with Crippen LogP contribution in [0.4, 0.5) is 4.39 Å². The highest BCUT2D eigenvalue weighted by Gasteiger charge is 2.15. The Kier molecular flexibility index (Phi) is 4.62. The van der Waals surface area contributed by atoms with E-state index in [0.29, 0.717) is 4.47 Å². The van der Waals surface area contributed by atoms with Gasteiger partial charge in [-0.15, -0.1) is 0 Å². The molecule has 1 unspecified atom stereocenters. The lowest BCUT2D eigenvalue weighted by molar-refractivity contribution is 0.620. The lowest BCUT2D eigenvalue weighted by Crippen LogP contribution is -1.95. The quantitative estimate of drug-likeness (QED) is 0.496. The van der Waals surface area contributed by atoms with Gasteiger partial charge >= 0.3 is 0 Å². The average Bonchev–Trinajstić information content (AvgIpc) is 2.35. The minimum atomic E-state index is -0.248. The minimum absolute atomic E-state index is 0.0312. The van der Waals surface area contributed by atoms with Crippen LogP contribution in [0.15, 0.2) is 45.3 Å². The molecule has 0 aliphatic heterocycles. The van der Waals surface area contributed by atoms with Crippen molar-refractivity contribution in [2.45, 2.75) is 11.8 Å². The van der Waals surface area contributed by atoms with Crippen molar-refractivity contribution in [1.82, 2.24) is 0 Å². The average molecular weight is 437 g/mol. The topological polar surface area (TPSA) is 0 Å². The fourth-order valence-corrected chi connectivity index (χ4v) is 3.55. The SMILES string of the molecule is Cc1ccc(Br)c(C(Br)c2ccc(F)c(Br)c2)c1. The maximum absolute atomic E-state index is 13.2. The van der Waals surface area contributed by atoms with E-state index in [1.807, 2.05) is 12.1 Å². The van der Waals surface area contributed by atoms with Crippen LogP contribution in [0.3, 0.4) is 0 Å². The normalized spacial score (nSPS) is 12.5. The van der Waals surface area contributed by atoms with Gasteiger partial charge in [0.05, 0.1) is 9.30 Å². The van der Waals surface area contributed by atoms with E-state index in [0.717, 1.165) is 15.6 Å².